The molecule has 3 nitrogen and oxygen atoms in total. The lowest BCUT2D eigenvalue weighted by Crippen LogP contribution is -2.41. The normalized spacial score (nSPS) is 17.7. The second-order valence-electron chi connectivity index (χ2n) is 9.55. The molecule has 1 aliphatic rings. The van der Waals surface area contributed by atoms with Gasteiger partial charge in [-0.05, 0) is 43.9 Å². The quantitative estimate of drug-likeness (QED) is 0.227. The van der Waals surface area contributed by atoms with Gasteiger partial charge in [0.2, 0.25) is 0 Å². The molecule has 0 saturated carbocycles. The first-order chi connectivity index (χ1) is 15.3. The Morgan fingerprint density at radius 2 is 1.25 bits per heavy atom. The van der Waals surface area contributed by atoms with Gasteiger partial charge in [-0.25, -0.2) is 0 Å². The molecule has 0 amide bonds. The van der Waals surface area contributed by atoms with Gasteiger partial charge in [0.1, 0.15) is 5.75 Å². The summed E-state index contributed by atoms with van der Waals surface area (Å²) >= 11 is 1.79. The topological polar surface area (TPSA) is 27.7 Å². The van der Waals surface area contributed by atoms with E-state index in [1.54, 1.807) is 18.4 Å². The van der Waals surface area contributed by atoms with Crippen LogP contribution in [0.5, 0.6) is 5.75 Å². The first-order valence-electron chi connectivity index (χ1n) is 11.0. The Hall–Kier alpha value is -2.60. The van der Waals surface area contributed by atoms with Crippen LogP contribution in [0.2, 0.25) is 0 Å². The van der Waals surface area contributed by atoms with Crippen molar-refractivity contribution in [2.75, 3.05) is 7.11 Å². The van der Waals surface area contributed by atoms with E-state index in [1.807, 2.05) is 0 Å². The van der Waals surface area contributed by atoms with Crippen LogP contribution in [0, 0.1) is 0 Å². The average Bonchev–Trinajstić information content (AvgIpc) is 3.27. The Bertz CT molecular complexity index is 1520. The molecule has 1 saturated heterocycles. The Morgan fingerprint density at radius 3 is 1.88 bits per heavy atom. The minimum Gasteiger partial charge on any atom is -0.496 e. The minimum atomic E-state index is -0.460. The molecule has 5 aromatic rings. The van der Waals surface area contributed by atoms with Crippen LogP contribution in [-0.4, -0.2) is 25.4 Å². The molecule has 0 radical (unpaired) electrons. The molecule has 1 aliphatic heterocycles. The summed E-state index contributed by atoms with van der Waals surface area (Å²) in [7, 11) is 1.28. The van der Waals surface area contributed by atoms with Crippen molar-refractivity contribution in [1.82, 2.24) is 0 Å². The molecule has 32 heavy (non-hydrogen) atoms. The highest BCUT2D eigenvalue weighted by atomic mass is 32.1. The van der Waals surface area contributed by atoms with Crippen LogP contribution >= 0.6 is 11.3 Å². The van der Waals surface area contributed by atoms with E-state index in [2.05, 4.69) is 88.4 Å². The molecule has 1 aromatic heterocycles. The number of rotatable bonds is 2. The number of ether oxygens (including phenoxy) is 1. The van der Waals surface area contributed by atoms with Gasteiger partial charge in [0.05, 0.1) is 23.0 Å². The predicted molar refractivity (Wildman–Crippen MR) is 137 cm³/mol. The number of methoxy groups -OCH3 is 1. The Kier molecular flexibility index (Phi) is 4.20. The summed E-state index contributed by atoms with van der Waals surface area (Å²) in [5.41, 5.74) is 0.146. The minimum absolute atomic E-state index is 0.399. The van der Waals surface area contributed by atoms with E-state index in [0.29, 0.717) is 0 Å². The highest BCUT2D eigenvalue weighted by Crippen LogP contribution is 2.46. The van der Waals surface area contributed by atoms with Gasteiger partial charge in [0, 0.05) is 26.3 Å². The third kappa shape index (κ3) is 2.62. The molecule has 5 heteroatoms. The maximum absolute atomic E-state index is 6.36. The third-order valence-corrected chi connectivity index (χ3v) is 8.45. The Morgan fingerprint density at radius 1 is 0.688 bits per heavy atom. The zero-order valence-corrected chi connectivity index (χ0v) is 19.8. The molecule has 6 rings (SSSR count). The van der Waals surface area contributed by atoms with Gasteiger partial charge in [0.25, 0.3) is 0 Å². The van der Waals surface area contributed by atoms with Gasteiger partial charge in [-0.15, -0.1) is 11.3 Å². The van der Waals surface area contributed by atoms with Crippen LogP contribution in [0.15, 0.2) is 60.7 Å². The molecule has 0 aliphatic carbocycles. The van der Waals surface area contributed by atoms with Crippen LogP contribution in [0.25, 0.3) is 41.7 Å². The fraction of sp³-hybridized carbons (Fsp3) is 0.259. The van der Waals surface area contributed by atoms with Gasteiger partial charge in [-0.2, -0.15) is 0 Å². The first-order valence-corrected chi connectivity index (χ1v) is 11.8. The molecule has 0 N–H and O–H groups in total. The van der Waals surface area contributed by atoms with Crippen molar-refractivity contribution in [3.8, 4) is 5.75 Å². The van der Waals surface area contributed by atoms with Crippen molar-refractivity contribution in [3.63, 3.8) is 0 Å². The van der Waals surface area contributed by atoms with Crippen molar-refractivity contribution in [2.45, 2.75) is 38.9 Å². The van der Waals surface area contributed by atoms with Gasteiger partial charge in [-0.3, -0.25) is 0 Å². The van der Waals surface area contributed by atoms with Gasteiger partial charge >= 0.3 is 7.12 Å². The lowest BCUT2D eigenvalue weighted by molar-refractivity contribution is 0.00578. The second kappa shape index (κ2) is 6.71. The first kappa shape index (κ1) is 20.0. The van der Waals surface area contributed by atoms with Crippen molar-refractivity contribution >= 4 is 65.6 Å². The van der Waals surface area contributed by atoms with Crippen molar-refractivity contribution in [3.05, 3.63) is 60.7 Å². The van der Waals surface area contributed by atoms with Gasteiger partial charge in [-0.1, -0.05) is 60.7 Å². The van der Waals surface area contributed by atoms with E-state index >= 15 is 0 Å². The maximum Gasteiger partial charge on any atom is 0.498 e. The molecular formula is C27H25BO3S. The maximum atomic E-state index is 6.36. The standard InChI is InChI=1S/C27H25BO3S/c1-26(2)27(3,4)31-28(30-26)21-15-14-20-22-18-12-8-6-10-16(18)17-11-7-9-13-19(17)24(22)32-25(20)23(21)29-5/h6-15H,1-5H3. The van der Waals surface area contributed by atoms with E-state index < -0.39 is 18.3 Å². The molecule has 160 valence electrons. The van der Waals surface area contributed by atoms with E-state index in [1.165, 1.54) is 37.0 Å². The van der Waals surface area contributed by atoms with Crippen molar-refractivity contribution < 1.29 is 14.0 Å². The molecule has 0 bridgehead atoms. The number of hydrogen-bond acceptors (Lipinski definition) is 4. The molecule has 0 atom stereocenters. The average molecular weight is 440 g/mol. The van der Waals surface area contributed by atoms with Crippen LogP contribution < -0.4 is 10.2 Å². The van der Waals surface area contributed by atoms with Crippen molar-refractivity contribution in [1.29, 1.82) is 0 Å². The highest BCUT2D eigenvalue weighted by molar-refractivity contribution is 7.27. The van der Waals surface area contributed by atoms with Gasteiger partial charge in [0.15, 0.2) is 0 Å². The van der Waals surface area contributed by atoms with E-state index in [-0.39, 0.29) is 0 Å². The van der Waals surface area contributed by atoms with E-state index in [9.17, 15) is 0 Å². The Balaban J connectivity index is 1.69. The third-order valence-electron chi connectivity index (χ3n) is 7.21. The zero-order valence-electron chi connectivity index (χ0n) is 19.0. The van der Waals surface area contributed by atoms with Crippen LogP contribution in [0.4, 0.5) is 0 Å². The molecule has 2 heterocycles. The fourth-order valence-electron chi connectivity index (χ4n) is 4.83. The number of fused-ring (bicyclic) bond motifs is 8. The van der Waals surface area contributed by atoms with Crippen LogP contribution in [-0.2, 0) is 9.31 Å². The van der Waals surface area contributed by atoms with Gasteiger partial charge < -0.3 is 14.0 Å². The largest absolute Gasteiger partial charge is 0.498 e. The summed E-state index contributed by atoms with van der Waals surface area (Å²) in [6, 6.07) is 21.7. The molecule has 0 spiro atoms. The summed E-state index contributed by atoms with van der Waals surface area (Å²) in [5.74, 6) is 0.843. The second-order valence-corrected chi connectivity index (χ2v) is 10.6. The smallest absolute Gasteiger partial charge is 0.496 e. The Labute approximate surface area is 192 Å². The van der Waals surface area contributed by atoms with Crippen LogP contribution in [0.1, 0.15) is 27.7 Å². The summed E-state index contributed by atoms with van der Waals surface area (Å²) in [6.45, 7) is 8.32. The zero-order chi connectivity index (χ0) is 22.3. The molecule has 0 unspecified atom stereocenters. The van der Waals surface area contributed by atoms with Crippen molar-refractivity contribution in [2.24, 2.45) is 0 Å². The molecule has 4 aromatic carbocycles. The SMILES string of the molecule is COc1c(B2OC(C)(C)C(C)(C)O2)ccc2c1sc1c3ccccc3c3ccccc3c21. The van der Waals surface area contributed by atoms with Crippen LogP contribution in [0.3, 0.4) is 0 Å². The highest BCUT2D eigenvalue weighted by Gasteiger charge is 2.52. The molecule has 1 fully saturated rings. The number of benzene rings is 4. The predicted octanol–water partition coefficient (Wildman–Crippen LogP) is 6.67. The van der Waals surface area contributed by atoms with E-state index in [4.69, 9.17) is 14.0 Å². The number of thiophene rings is 1. The van der Waals surface area contributed by atoms with E-state index in [0.717, 1.165) is 15.9 Å². The lowest BCUT2D eigenvalue weighted by Gasteiger charge is -2.32. The lowest BCUT2D eigenvalue weighted by atomic mass is 9.78. The summed E-state index contributed by atoms with van der Waals surface area (Å²) < 4.78 is 21.2. The number of hydrogen-bond donors (Lipinski definition) is 0. The summed E-state index contributed by atoms with van der Waals surface area (Å²) in [6.07, 6.45) is 0. The molecular weight excluding hydrogens is 415 g/mol. The summed E-state index contributed by atoms with van der Waals surface area (Å²) in [4.78, 5) is 0. The monoisotopic (exact) mass is 440 g/mol. The fourth-order valence-corrected chi connectivity index (χ4v) is 6.21. The summed E-state index contributed by atoms with van der Waals surface area (Å²) in [5, 5.41) is 7.62.